The minimum absolute atomic E-state index is 0.865. The van der Waals surface area contributed by atoms with Crippen molar-refractivity contribution in [3.63, 3.8) is 0 Å². The van der Waals surface area contributed by atoms with E-state index in [2.05, 4.69) is 65.0 Å². The molecule has 0 saturated carbocycles. The van der Waals surface area contributed by atoms with E-state index in [1.165, 1.54) is 5.69 Å². The van der Waals surface area contributed by atoms with Gasteiger partial charge in [0, 0.05) is 46.5 Å². The van der Waals surface area contributed by atoms with Gasteiger partial charge in [0.25, 0.3) is 0 Å². The summed E-state index contributed by atoms with van der Waals surface area (Å²) in [7, 11) is 6.00. The second kappa shape index (κ2) is 9.86. The van der Waals surface area contributed by atoms with Crippen LogP contribution in [0.4, 0.5) is 5.69 Å². The lowest BCUT2D eigenvalue weighted by molar-refractivity contribution is 0.470. The van der Waals surface area contributed by atoms with Crippen molar-refractivity contribution < 1.29 is 0 Å². The second-order valence-corrected chi connectivity index (χ2v) is 5.08. The molecule has 21 heavy (non-hydrogen) atoms. The average Bonchev–Trinajstić information content (AvgIpc) is 2.52. The molecular weight excluding hydrogens is 260 g/mol. The van der Waals surface area contributed by atoms with Crippen molar-refractivity contribution in [2.24, 2.45) is 4.99 Å². The molecule has 1 rings (SSSR count). The van der Waals surface area contributed by atoms with Crippen LogP contribution < -0.4 is 10.2 Å². The fourth-order valence-electron chi connectivity index (χ4n) is 2.11. The van der Waals surface area contributed by atoms with Crippen molar-refractivity contribution in [3.8, 4) is 0 Å². The van der Waals surface area contributed by atoms with E-state index >= 15 is 0 Å². The number of allylic oxidation sites excluding steroid dienone is 1. The first-order valence-corrected chi connectivity index (χ1v) is 7.48. The Labute approximate surface area is 129 Å². The van der Waals surface area contributed by atoms with E-state index in [9.17, 15) is 0 Å². The largest absolute Gasteiger partial charge is 0.373 e. The maximum atomic E-state index is 4.32. The van der Waals surface area contributed by atoms with Crippen LogP contribution in [-0.4, -0.2) is 51.6 Å². The first-order valence-electron chi connectivity index (χ1n) is 7.48. The third-order valence-electron chi connectivity index (χ3n) is 3.40. The van der Waals surface area contributed by atoms with Crippen LogP contribution in [-0.2, 0) is 0 Å². The number of benzene rings is 1. The lowest BCUT2D eigenvalue weighted by Gasteiger charge is -2.24. The van der Waals surface area contributed by atoms with Gasteiger partial charge in [-0.05, 0) is 25.0 Å². The molecular formula is C17H28N4. The molecule has 0 bridgehead atoms. The summed E-state index contributed by atoms with van der Waals surface area (Å²) in [6, 6.07) is 10.4. The Morgan fingerprint density at radius 1 is 1.24 bits per heavy atom. The van der Waals surface area contributed by atoms with Gasteiger partial charge in [0.15, 0.2) is 5.96 Å². The Bertz CT molecular complexity index is 428. The van der Waals surface area contributed by atoms with Crippen molar-refractivity contribution in [2.75, 3.05) is 45.7 Å². The molecule has 1 N–H and O–H groups in total. The van der Waals surface area contributed by atoms with Gasteiger partial charge in [-0.3, -0.25) is 4.99 Å². The van der Waals surface area contributed by atoms with Crippen LogP contribution in [0.2, 0.25) is 0 Å². The third kappa shape index (κ3) is 6.34. The van der Waals surface area contributed by atoms with E-state index in [1.807, 2.05) is 19.2 Å². The predicted octanol–water partition coefficient (Wildman–Crippen LogP) is 2.60. The molecule has 4 heteroatoms. The number of hydrogen-bond acceptors (Lipinski definition) is 2. The zero-order valence-corrected chi connectivity index (χ0v) is 13.5. The quantitative estimate of drug-likeness (QED) is 0.345. The number of anilines is 1. The maximum absolute atomic E-state index is 4.32. The van der Waals surface area contributed by atoms with Crippen LogP contribution in [0.25, 0.3) is 0 Å². The number of aliphatic imine (C=N–C) groups is 1. The standard InChI is InChI=1S/C17H28N4/c1-5-6-10-14-21(4)17(18-2)19-13-15-20(3)16-11-8-7-9-12-16/h5,7-9,11-12H,1,6,10,13-15H2,2-4H3,(H,18,19). The molecule has 4 nitrogen and oxygen atoms in total. The summed E-state index contributed by atoms with van der Waals surface area (Å²) < 4.78 is 0. The summed E-state index contributed by atoms with van der Waals surface area (Å²) in [5.41, 5.74) is 1.23. The molecule has 0 aromatic heterocycles. The molecule has 0 heterocycles. The topological polar surface area (TPSA) is 30.9 Å². The van der Waals surface area contributed by atoms with Crippen LogP contribution in [0.5, 0.6) is 0 Å². The van der Waals surface area contributed by atoms with Gasteiger partial charge in [0.2, 0.25) is 0 Å². The highest BCUT2D eigenvalue weighted by molar-refractivity contribution is 5.79. The number of unbranched alkanes of at least 4 members (excludes halogenated alkanes) is 1. The Morgan fingerprint density at radius 2 is 1.95 bits per heavy atom. The molecule has 0 atom stereocenters. The lowest BCUT2D eigenvalue weighted by atomic mass is 10.3. The Balaban J connectivity index is 2.33. The van der Waals surface area contributed by atoms with Crippen LogP contribution >= 0.6 is 0 Å². The number of para-hydroxylation sites is 1. The lowest BCUT2D eigenvalue weighted by Crippen LogP contribution is -2.42. The van der Waals surface area contributed by atoms with Gasteiger partial charge in [0.05, 0.1) is 0 Å². The summed E-state index contributed by atoms with van der Waals surface area (Å²) >= 11 is 0. The zero-order chi connectivity index (χ0) is 15.5. The normalized spacial score (nSPS) is 11.1. The highest BCUT2D eigenvalue weighted by atomic mass is 15.3. The summed E-state index contributed by atoms with van der Waals surface area (Å²) in [6.45, 7) is 6.54. The molecule has 0 radical (unpaired) electrons. The smallest absolute Gasteiger partial charge is 0.193 e. The van der Waals surface area contributed by atoms with Gasteiger partial charge in [-0.2, -0.15) is 0 Å². The molecule has 0 amide bonds. The SMILES string of the molecule is C=CCCCN(C)C(=NC)NCCN(C)c1ccccc1. The van der Waals surface area contributed by atoms with Crippen molar-refractivity contribution in [1.29, 1.82) is 0 Å². The van der Waals surface area contributed by atoms with Crippen LogP contribution in [0.15, 0.2) is 48.0 Å². The van der Waals surface area contributed by atoms with Gasteiger partial charge < -0.3 is 15.1 Å². The summed E-state index contributed by atoms with van der Waals surface area (Å²) in [5, 5.41) is 3.41. The summed E-state index contributed by atoms with van der Waals surface area (Å²) in [5.74, 6) is 0.945. The van der Waals surface area contributed by atoms with E-state index in [-0.39, 0.29) is 0 Å². The van der Waals surface area contributed by atoms with Gasteiger partial charge >= 0.3 is 0 Å². The first kappa shape index (κ1) is 17.1. The molecule has 1 aromatic carbocycles. The fraction of sp³-hybridized carbons (Fsp3) is 0.471. The average molecular weight is 288 g/mol. The molecule has 0 aliphatic carbocycles. The molecule has 0 aliphatic heterocycles. The highest BCUT2D eigenvalue weighted by Crippen LogP contribution is 2.09. The molecule has 0 unspecified atom stereocenters. The number of nitrogens with one attached hydrogen (secondary N) is 1. The summed E-state index contributed by atoms with van der Waals surface area (Å²) in [4.78, 5) is 8.72. The first-order chi connectivity index (χ1) is 10.2. The van der Waals surface area contributed by atoms with E-state index in [0.29, 0.717) is 0 Å². The number of nitrogens with zero attached hydrogens (tertiary/aromatic N) is 3. The molecule has 0 spiro atoms. The zero-order valence-electron chi connectivity index (χ0n) is 13.5. The van der Waals surface area contributed by atoms with Crippen LogP contribution in [0.3, 0.4) is 0 Å². The van der Waals surface area contributed by atoms with Gasteiger partial charge in [-0.25, -0.2) is 0 Å². The van der Waals surface area contributed by atoms with Crippen molar-refractivity contribution in [1.82, 2.24) is 10.2 Å². The fourth-order valence-corrected chi connectivity index (χ4v) is 2.11. The number of rotatable bonds is 8. The molecule has 0 aliphatic rings. The number of guanidine groups is 1. The van der Waals surface area contributed by atoms with E-state index < -0.39 is 0 Å². The van der Waals surface area contributed by atoms with Crippen molar-refractivity contribution in [2.45, 2.75) is 12.8 Å². The van der Waals surface area contributed by atoms with E-state index in [4.69, 9.17) is 0 Å². The van der Waals surface area contributed by atoms with Crippen LogP contribution in [0.1, 0.15) is 12.8 Å². The van der Waals surface area contributed by atoms with E-state index in [0.717, 1.165) is 38.4 Å². The minimum Gasteiger partial charge on any atom is -0.373 e. The minimum atomic E-state index is 0.865. The molecule has 116 valence electrons. The second-order valence-electron chi connectivity index (χ2n) is 5.08. The third-order valence-corrected chi connectivity index (χ3v) is 3.40. The van der Waals surface area contributed by atoms with Crippen molar-refractivity contribution in [3.05, 3.63) is 43.0 Å². The highest BCUT2D eigenvalue weighted by Gasteiger charge is 2.05. The Morgan fingerprint density at radius 3 is 2.57 bits per heavy atom. The predicted molar refractivity (Wildman–Crippen MR) is 93.1 cm³/mol. The number of likely N-dealkylation sites (N-methyl/N-ethyl adjacent to an activating group) is 1. The number of hydrogen-bond donors (Lipinski definition) is 1. The van der Waals surface area contributed by atoms with Gasteiger partial charge in [0.1, 0.15) is 0 Å². The monoisotopic (exact) mass is 288 g/mol. The summed E-state index contributed by atoms with van der Waals surface area (Å²) in [6.07, 6.45) is 4.10. The van der Waals surface area contributed by atoms with Gasteiger partial charge in [-0.15, -0.1) is 6.58 Å². The maximum Gasteiger partial charge on any atom is 0.193 e. The van der Waals surface area contributed by atoms with E-state index in [1.54, 1.807) is 0 Å². The Hall–Kier alpha value is -1.97. The van der Waals surface area contributed by atoms with Crippen molar-refractivity contribution >= 4 is 11.6 Å². The van der Waals surface area contributed by atoms with Gasteiger partial charge in [-0.1, -0.05) is 24.3 Å². The molecule has 0 fully saturated rings. The molecule has 0 saturated heterocycles. The van der Waals surface area contributed by atoms with Crippen LogP contribution in [0, 0.1) is 0 Å². The molecule has 1 aromatic rings. The Kier molecular flexibility index (Phi) is 8.02.